The fourth-order valence-electron chi connectivity index (χ4n) is 4.85. The SMILES string of the molecule is O=C1C=CC(=O)C(c2c3ccccc3c(C3=CC(=O)C=CC3=O)c3cc4ccccc4cc23)=C1. The van der Waals surface area contributed by atoms with Gasteiger partial charge in [-0.25, -0.2) is 0 Å². The van der Waals surface area contributed by atoms with Gasteiger partial charge in [-0.2, -0.15) is 0 Å². The van der Waals surface area contributed by atoms with Crippen molar-refractivity contribution in [3.63, 3.8) is 0 Å². The molecule has 0 N–H and O–H groups in total. The number of allylic oxidation sites excluding steroid dienone is 8. The van der Waals surface area contributed by atoms with Crippen LogP contribution in [0, 0.1) is 0 Å². The van der Waals surface area contributed by atoms with Crippen LogP contribution in [0.2, 0.25) is 0 Å². The molecule has 4 aromatic rings. The van der Waals surface area contributed by atoms with Crippen molar-refractivity contribution in [3.8, 4) is 0 Å². The summed E-state index contributed by atoms with van der Waals surface area (Å²) in [4.78, 5) is 50.4. The zero-order chi connectivity index (χ0) is 23.4. The summed E-state index contributed by atoms with van der Waals surface area (Å²) in [5, 5.41) is 4.88. The Hall–Kier alpha value is -4.70. The molecule has 6 rings (SSSR count). The monoisotopic (exact) mass is 440 g/mol. The third kappa shape index (κ3) is 3.00. The maximum absolute atomic E-state index is 12.9. The molecule has 0 unspecified atom stereocenters. The molecule has 0 amide bonds. The summed E-state index contributed by atoms with van der Waals surface area (Å²) in [7, 11) is 0. The first-order valence-corrected chi connectivity index (χ1v) is 10.9. The summed E-state index contributed by atoms with van der Waals surface area (Å²) in [5.74, 6) is -1.01. The molecule has 0 aromatic heterocycles. The van der Waals surface area contributed by atoms with Crippen LogP contribution in [0.5, 0.6) is 0 Å². The molecule has 0 saturated carbocycles. The van der Waals surface area contributed by atoms with Gasteiger partial charge in [0.1, 0.15) is 0 Å². The van der Waals surface area contributed by atoms with Crippen LogP contribution in [0.4, 0.5) is 0 Å². The quantitative estimate of drug-likeness (QED) is 0.312. The van der Waals surface area contributed by atoms with Crippen molar-refractivity contribution < 1.29 is 19.2 Å². The number of hydrogen-bond acceptors (Lipinski definition) is 4. The van der Waals surface area contributed by atoms with E-state index in [4.69, 9.17) is 0 Å². The lowest BCUT2D eigenvalue weighted by Crippen LogP contribution is -2.10. The first-order chi connectivity index (χ1) is 16.5. The maximum atomic E-state index is 12.9. The number of carbonyl (C=O) groups excluding carboxylic acids is 4. The molecule has 0 fully saturated rings. The standard InChI is InChI=1S/C30H16O4/c31-19-9-11-27(33)25(15-19)29-21-7-3-4-8-22(21)30(26-16-20(32)10-12-28(26)34)24-14-18-6-2-1-5-17(18)13-23(24)29/h1-16H. The smallest absolute Gasteiger partial charge is 0.186 e. The van der Waals surface area contributed by atoms with Crippen LogP contribution in [0.1, 0.15) is 11.1 Å². The second-order valence-electron chi connectivity index (χ2n) is 8.36. The van der Waals surface area contributed by atoms with Gasteiger partial charge in [-0.05, 0) is 80.9 Å². The van der Waals surface area contributed by atoms with E-state index in [2.05, 4.69) is 0 Å². The predicted molar refractivity (Wildman–Crippen MR) is 133 cm³/mol. The molecule has 0 aliphatic heterocycles. The molecule has 2 aliphatic carbocycles. The Kier molecular flexibility index (Phi) is 4.36. The molecule has 0 bridgehead atoms. The second kappa shape index (κ2) is 7.42. The fourth-order valence-corrected chi connectivity index (χ4v) is 4.85. The van der Waals surface area contributed by atoms with E-state index in [0.29, 0.717) is 22.3 Å². The van der Waals surface area contributed by atoms with Crippen LogP contribution < -0.4 is 0 Å². The van der Waals surface area contributed by atoms with Gasteiger partial charge in [0, 0.05) is 22.3 Å². The first kappa shape index (κ1) is 19.9. The molecule has 4 heteroatoms. The van der Waals surface area contributed by atoms with Gasteiger partial charge in [0.25, 0.3) is 0 Å². The predicted octanol–water partition coefficient (Wildman–Crippen LogP) is 5.33. The van der Waals surface area contributed by atoms with Crippen LogP contribution in [-0.2, 0) is 19.2 Å². The van der Waals surface area contributed by atoms with Gasteiger partial charge in [0.05, 0.1) is 0 Å². The topological polar surface area (TPSA) is 68.3 Å². The van der Waals surface area contributed by atoms with Crippen molar-refractivity contribution in [1.29, 1.82) is 0 Å². The van der Waals surface area contributed by atoms with Crippen molar-refractivity contribution >= 4 is 66.6 Å². The van der Waals surface area contributed by atoms with Gasteiger partial charge in [-0.1, -0.05) is 48.5 Å². The van der Waals surface area contributed by atoms with E-state index < -0.39 is 0 Å². The average Bonchev–Trinajstić information content (AvgIpc) is 2.85. The van der Waals surface area contributed by atoms with Crippen LogP contribution in [0.15, 0.2) is 97.1 Å². The van der Waals surface area contributed by atoms with Crippen LogP contribution >= 0.6 is 0 Å². The van der Waals surface area contributed by atoms with Crippen molar-refractivity contribution in [3.05, 3.63) is 108 Å². The molecule has 160 valence electrons. The van der Waals surface area contributed by atoms with Crippen LogP contribution in [-0.4, -0.2) is 23.1 Å². The summed E-state index contributed by atoms with van der Waals surface area (Å²) >= 11 is 0. The van der Waals surface area contributed by atoms with Crippen molar-refractivity contribution in [2.45, 2.75) is 0 Å². The lowest BCUT2D eigenvalue weighted by atomic mass is 9.81. The van der Waals surface area contributed by atoms with E-state index in [0.717, 1.165) is 32.3 Å². The molecule has 0 radical (unpaired) electrons. The fraction of sp³-hybridized carbons (Fsp3) is 0. The number of benzene rings is 4. The Morgan fingerprint density at radius 2 is 0.853 bits per heavy atom. The first-order valence-electron chi connectivity index (χ1n) is 10.9. The zero-order valence-corrected chi connectivity index (χ0v) is 17.9. The number of carbonyl (C=O) groups is 4. The van der Waals surface area contributed by atoms with Gasteiger partial charge in [-0.15, -0.1) is 0 Å². The molecule has 0 spiro atoms. The van der Waals surface area contributed by atoms with Crippen molar-refractivity contribution in [2.24, 2.45) is 0 Å². The highest BCUT2D eigenvalue weighted by atomic mass is 16.1. The summed E-state index contributed by atoms with van der Waals surface area (Å²) in [6, 6.07) is 19.3. The van der Waals surface area contributed by atoms with Gasteiger partial charge < -0.3 is 0 Å². The minimum Gasteiger partial charge on any atom is -0.290 e. The Balaban J connectivity index is 1.86. The lowest BCUT2D eigenvalue weighted by molar-refractivity contribution is -0.113. The summed E-state index contributed by atoms with van der Waals surface area (Å²) in [6.07, 6.45) is 7.87. The molecule has 2 aliphatic rings. The lowest BCUT2D eigenvalue weighted by Gasteiger charge is -2.20. The van der Waals surface area contributed by atoms with E-state index in [1.165, 1.54) is 36.5 Å². The minimum atomic E-state index is -0.252. The van der Waals surface area contributed by atoms with Crippen molar-refractivity contribution in [2.75, 3.05) is 0 Å². The number of hydrogen-bond donors (Lipinski definition) is 0. The Bertz CT molecular complexity index is 1630. The third-order valence-corrected chi connectivity index (χ3v) is 6.33. The van der Waals surface area contributed by atoms with E-state index in [-0.39, 0.29) is 23.1 Å². The summed E-state index contributed by atoms with van der Waals surface area (Å²) in [6.45, 7) is 0. The minimum absolute atomic E-state index is 0.252. The number of ketones is 4. The van der Waals surface area contributed by atoms with Gasteiger partial charge in [0.15, 0.2) is 23.1 Å². The van der Waals surface area contributed by atoms with Crippen LogP contribution in [0.25, 0.3) is 43.5 Å². The molecule has 0 heterocycles. The number of fused-ring (bicyclic) bond motifs is 3. The average molecular weight is 440 g/mol. The molecule has 4 aromatic carbocycles. The molecule has 34 heavy (non-hydrogen) atoms. The Labute approximate surface area is 194 Å². The van der Waals surface area contributed by atoms with E-state index in [1.54, 1.807) is 0 Å². The molecular weight excluding hydrogens is 424 g/mol. The third-order valence-electron chi connectivity index (χ3n) is 6.33. The maximum Gasteiger partial charge on any atom is 0.186 e. The second-order valence-corrected chi connectivity index (χ2v) is 8.36. The van der Waals surface area contributed by atoms with E-state index in [1.807, 2.05) is 60.7 Å². The Morgan fingerprint density at radius 3 is 1.29 bits per heavy atom. The highest BCUT2D eigenvalue weighted by molar-refractivity contribution is 6.41. The molecule has 0 atom stereocenters. The van der Waals surface area contributed by atoms with Crippen molar-refractivity contribution in [1.82, 2.24) is 0 Å². The zero-order valence-electron chi connectivity index (χ0n) is 17.9. The van der Waals surface area contributed by atoms with Gasteiger partial charge in [0.2, 0.25) is 0 Å². The molecule has 0 saturated heterocycles. The highest BCUT2D eigenvalue weighted by Crippen LogP contribution is 2.42. The van der Waals surface area contributed by atoms with Gasteiger partial charge in [-0.3, -0.25) is 19.2 Å². The van der Waals surface area contributed by atoms with Crippen LogP contribution in [0.3, 0.4) is 0 Å². The largest absolute Gasteiger partial charge is 0.290 e. The molecule has 4 nitrogen and oxygen atoms in total. The van der Waals surface area contributed by atoms with E-state index in [9.17, 15) is 19.2 Å². The van der Waals surface area contributed by atoms with E-state index >= 15 is 0 Å². The highest BCUT2D eigenvalue weighted by Gasteiger charge is 2.26. The normalized spacial score (nSPS) is 16.0. The summed E-state index contributed by atoms with van der Waals surface area (Å²) in [5.41, 5.74) is 1.92. The molecular formula is C30H16O4. The summed E-state index contributed by atoms with van der Waals surface area (Å²) < 4.78 is 0. The Morgan fingerprint density at radius 1 is 0.441 bits per heavy atom. The number of rotatable bonds is 2. The van der Waals surface area contributed by atoms with Gasteiger partial charge >= 0.3 is 0 Å².